The molecular formula is C15H20FN3. The van der Waals surface area contributed by atoms with E-state index in [1.807, 2.05) is 24.7 Å². The Balaban J connectivity index is 1.77. The van der Waals surface area contributed by atoms with Crippen molar-refractivity contribution >= 4 is 0 Å². The summed E-state index contributed by atoms with van der Waals surface area (Å²) < 4.78 is 15.0. The Morgan fingerprint density at radius 1 is 1.32 bits per heavy atom. The predicted octanol–water partition coefficient (Wildman–Crippen LogP) is 3.15. The van der Waals surface area contributed by atoms with Gasteiger partial charge in [0.05, 0.1) is 6.33 Å². The molecule has 0 bridgehead atoms. The van der Waals surface area contributed by atoms with Crippen LogP contribution in [0.15, 0.2) is 43.0 Å². The van der Waals surface area contributed by atoms with Gasteiger partial charge in [0.2, 0.25) is 0 Å². The van der Waals surface area contributed by atoms with E-state index in [0.717, 1.165) is 31.5 Å². The molecule has 0 saturated carbocycles. The number of rotatable bonds is 7. The van der Waals surface area contributed by atoms with Gasteiger partial charge in [-0.15, -0.1) is 0 Å². The average Bonchev–Trinajstić information content (AvgIpc) is 2.93. The van der Waals surface area contributed by atoms with Crippen molar-refractivity contribution in [2.45, 2.75) is 32.4 Å². The zero-order valence-electron chi connectivity index (χ0n) is 11.2. The second-order valence-electron chi connectivity index (χ2n) is 4.62. The highest BCUT2D eigenvalue weighted by Gasteiger charge is 2.07. The van der Waals surface area contributed by atoms with Crippen molar-refractivity contribution in [1.82, 2.24) is 14.9 Å². The van der Waals surface area contributed by atoms with Crippen LogP contribution in [0.3, 0.4) is 0 Å². The largest absolute Gasteiger partial charge is 0.337 e. The number of aryl methyl sites for hydroxylation is 1. The lowest BCUT2D eigenvalue weighted by molar-refractivity contribution is 0.490. The number of nitrogens with one attached hydrogen (secondary N) is 1. The third-order valence-corrected chi connectivity index (χ3v) is 3.22. The first-order valence-corrected chi connectivity index (χ1v) is 6.74. The lowest BCUT2D eigenvalue weighted by atomic mass is 10.0. The van der Waals surface area contributed by atoms with E-state index in [0.29, 0.717) is 6.04 Å². The van der Waals surface area contributed by atoms with E-state index in [9.17, 15) is 4.39 Å². The summed E-state index contributed by atoms with van der Waals surface area (Å²) in [5.74, 6) is -0.182. The number of imidazole rings is 1. The topological polar surface area (TPSA) is 29.9 Å². The van der Waals surface area contributed by atoms with Crippen molar-refractivity contribution in [2.24, 2.45) is 0 Å². The highest BCUT2D eigenvalue weighted by molar-refractivity contribution is 5.19. The van der Waals surface area contributed by atoms with Crippen molar-refractivity contribution in [3.63, 3.8) is 0 Å². The van der Waals surface area contributed by atoms with Gasteiger partial charge in [0.1, 0.15) is 5.82 Å². The predicted molar refractivity (Wildman–Crippen MR) is 74.3 cm³/mol. The molecule has 0 aliphatic carbocycles. The summed E-state index contributed by atoms with van der Waals surface area (Å²) in [6.07, 6.45) is 7.64. The van der Waals surface area contributed by atoms with Crippen LogP contribution in [-0.2, 0) is 6.54 Å². The fraction of sp³-hybridized carbons (Fsp3) is 0.400. The molecule has 4 heteroatoms. The summed E-state index contributed by atoms with van der Waals surface area (Å²) in [6.45, 7) is 4.04. The molecule has 0 aliphatic heterocycles. The summed E-state index contributed by atoms with van der Waals surface area (Å²) in [4.78, 5) is 4.02. The lowest BCUT2D eigenvalue weighted by Crippen LogP contribution is -2.22. The van der Waals surface area contributed by atoms with E-state index in [1.54, 1.807) is 6.20 Å². The summed E-state index contributed by atoms with van der Waals surface area (Å²) in [5, 5.41) is 3.51. The van der Waals surface area contributed by atoms with E-state index in [-0.39, 0.29) is 5.82 Å². The van der Waals surface area contributed by atoms with Crippen molar-refractivity contribution in [3.8, 4) is 0 Å². The standard InChI is InChI=1S/C15H20FN3/c1-2-15(13-4-6-14(16)7-5-13)18-8-3-10-19-11-9-17-12-19/h4-7,9,11-12,15,18H,2-3,8,10H2,1H3. The first kappa shape index (κ1) is 13.7. The van der Waals surface area contributed by atoms with Gasteiger partial charge in [0, 0.05) is 25.0 Å². The zero-order valence-corrected chi connectivity index (χ0v) is 11.2. The van der Waals surface area contributed by atoms with Crippen molar-refractivity contribution in [2.75, 3.05) is 6.54 Å². The third kappa shape index (κ3) is 4.17. The highest BCUT2D eigenvalue weighted by Crippen LogP contribution is 2.16. The molecule has 1 heterocycles. The van der Waals surface area contributed by atoms with Crippen LogP contribution in [0.2, 0.25) is 0 Å². The van der Waals surface area contributed by atoms with Crippen LogP contribution in [0.1, 0.15) is 31.4 Å². The number of aromatic nitrogens is 2. The second-order valence-corrected chi connectivity index (χ2v) is 4.62. The molecule has 1 aromatic carbocycles. The molecule has 1 aromatic heterocycles. The summed E-state index contributed by atoms with van der Waals surface area (Å²) >= 11 is 0. The van der Waals surface area contributed by atoms with Gasteiger partial charge in [-0.3, -0.25) is 0 Å². The highest BCUT2D eigenvalue weighted by atomic mass is 19.1. The van der Waals surface area contributed by atoms with E-state index in [1.165, 1.54) is 12.1 Å². The quantitative estimate of drug-likeness (QED) is 0.776. The van der Waals surface area contributed by atoms with Crippen LogP contribution >= 0.6 is 0 Å². The molecule has 0 fully saturated rings. The van der Waals surface area contributed by atoms with Gasteiger partial charge in [-0.25, -0.2) is 9.37 Å². The maximum Gasteiger partial charge on any atom is 0.123 e. The van der Waals surface area contributed by atoms with Gasteiger partial charge < -0.3 is 9.88 Å². The fourth-order valence-electron chi connectivity index (χ4n) is 2.15. The molecule has 0 aliphatic rings. The van der Waals surface area contributed by atoms with Crippen LogP contribution in [-0.4, -0.2) is 16.1 Å². The minimum Gasteiger partial charge on any atom is -0.337 e. The van der Waals surface area contributed by atoms with Crippen LogP contribution < -0.4 is 5.32 Å². The van der Waals surface area contributed by atoms with Crippen molar-refractivity contribution in [1.29, 1.82) is 0 Å². The Morgan fingerprint density at radius 3 is 2.74 bits per heavy atom. The molecule has 1 N–H and O–H groups in total. The van der Waals surface area contributed by atoms with Crippen LogP contribution in [0.25, 0.3) is 0 Å². The zero-order chi connectivity index (χ0) is 13.5. The first-order chi connectivity index (χ1) is 9.29. The molecule has 0 amide bonds. The first-order valence-electron chi connectivity index (χ1n) is 6.74. The molecule has 102 valence electrons. The summed E-state index contributed by atoms with van der Waals surface area (Å²) in [7, 11) is 0. The second kappa shape index (κ2) is 7.04. The van der Waals surface area contributed by atoms with Crippen LogP contribution in [0.5, 0.6) is 0 Å². The third-order valence-electron chi connectivity index (χ3n) is 3.22. The SMILES string of the molecule is CCC(NCCCn1ccnc1)c1ccc(F)cc1. The Labute approximate surface area is 113 Å². The minimum atomic E-state index is -0.182. The average molecular weight is 261 g/mol. The normalized spacial score (nSPS) is 12.5. The minimum absolute atomic E-state index is 0.182. The maximum atomic E-state index is 12.9. The molecule has 2 rings (SSSR count). The Kier molecular flexibility index (Phi) is 5.10. The fourth-order valence-corrected chi connectivity index (χ4v) is 2.15. The summed E-state index contributed by atoms with van der Waals surface area (Å²) in [6, 6.07) is 7.04. The number of halogens is 1. The molecular weight excluding hydrogens is 241 g/mol. The van der Waals surface area contributed by atoms with Gasteiger partial charge in [0.25, 0.3) is 0 Å². The van der Waals surface area contributed by atoms with Crippen LogP contribution in [0.4, 0.5) is 4.39 Å². The number of benzene rings is 1. The Bertz CT molecular complexity index is 465. The van der Waals surface area contributed by atoms with Gasteiger partial charge in [-0.1, -0.05) is 19.1 Å². The molecule has 1 atom stereocenters. The lowest BCUT2D eigenvalue weighted by Gasteiger charge is -2.17. The number of hydrogen-bond donors (Lipinski definition) is 1. The van der Waals surface area contributed by atoms with Crippen LogP contribution in [0, 0.1) is 5.82 Å². The molecule has 3 nitrogen and oxygen atoms in total. The van der Waals surface area contributed by atoms with E-state index in [2.05, 4.69) is 21.8 Å². The Morgan fingerprint density at radius 2 is 2.11 bits per heavy atom. The Hall–Kier alpha value is -1.68. The maximum absolute atomic E-state index is 12.9. The molecule has 0 radical (unpaired) electrons. The molecule has 0 saturated heterocycles. The molecule has 0 spiro atoms. The summed E-state index contributed by atoms with van der Waals surface area (Å²) in [5.41, 5.74) is 1.14. The molecule has 19 heavy (non-hydrogen) atoms. The number of hydrogen-bond acceptors (Lipinski definition) is 2. The molecule has 2 aromatic rings. The van der Waals surface area contributed by atoms with Gasteiger partial charge >= 0.3 is 0 Å². The van der Waals surface area contributed by atoms with Crippen molar-refractivity contribution < 1.29 is 4.39 Å². The van der Waals surface area contributed by atoms with Gasteiger partial charge in [0.15, 0.2) is 0 Å². The van der Waals surface area contributed by atoms with E-state index >= 15 is 0 Å². The molecule has 1 unspecified atom stereocenters. The van der Waals surface area contributed by atoms with Gasteiger partial charge in [-0.05, 0) is 37.1 Å². The van der Waals surface area contributed by atoms with Gasteiger partial charge in [-0.2, -0.15) is 0 Å². The van der Waals surface area contributed by atoms with Crippen molar-refractivity contribution in [3.05, 3.63) is 54.4 Å². The smallest absolute Gasteiger partial charge is 0.123 e. The van der Waals surface area contributed by atoms with E-state index < -0.39 is 0 Å². The monoisotopic (exact) mass is 261 g/mol. The number of nitrogens with zero attached hydrogens (tertiary/aromatic N) is 2. The van der Waals surface area contributed by atoms with E-state index in [4.69, 9.17) is 0 Å².